The number of nitrogens with zero attached hydrogens (tertiary/aromatic N) is 6. The SMILES string of the molecule is COc1cncc(-c2cn(Cc3ccc(N4CCCC(NCC5CCC5)C4)nc3)nn2)c1. The first-order valence-electron chi connectivity index (χ1n) is 11.6. The molecular formula is C24H31N7O. The lowest BCUT2D eigenvalue weighted by Gasteiger charge is -2.36. The maximum absolute atomic E-state index is 5.24. The minimum absolute atomic E-state index is 0.575. The zero-order valence-corrected chi connectivity index (χ0v) is 18.7. The topological polar surface area (TPSA) is 81.0 Å². The van der Waals surface area contributed by atoms with Gasteiger partial charge in [0.25, 0.3) is 0 Å². The van der Waals surface area contributed by atoms with Crippen LogP contribution in [0, 0.1) is 5.92 Å². The lowest BCUT2D eigenvalue weighted by atomic mass is 9.85. The van der Waals surface area contributed by atoms with Crippen molar-refractivity contribution in [3.05, 3.63) is 48.5 Å². The number of anilines is 1. The van der Waals surface area contributed by atoms with Crippen LogP contribution in [0.4, 0.5) is 5.82 Å². The predicted octanol–water partition coefficient (Wildman–Crippen LogP) is 3.15. The molecule has 1 atom stereocenters. The van der Waals surface area contributed by atoms with E-state index in [4.69, 9.17) is 9.72 Å². The lowest BCUT2D eigenvalue weighted by molar-refractivity contribution is 0.280. The Kier molecular flexibility index (Phi) is 6.29. The highest BCUT2D eigenvalue weighted by atomic mass is 16.5. The smallest absolute Gasteiger partial charge is 0.137 e. The van der Waals surface area contributed by atoms with Crippen molar-refractivity contribution < 1.29 is 4.74 Å². The Hall–Kier alpha value is -3.00. The van der Waals surface area contributed by atoms with E-state index < -0.39 is 0 Å². The minimum Gasteiger partial charge on any atom is -0.495 e. The maximum Gasteiger partial charge on any atom is 0.137 e. The number of hydrogen-bond acceptors (Lipinski definition) is 7. The van der Waals surface area contributed by atoms with E-state index in [0.717, 1.165) is 41.6 Å². The van der Waals surface area contributed by atoms with E-state index in [0.29, 0.717) is 18.3 Å². The third kappa shape index (κ3) is 4.91. The summed E-state index contributed by atoms with van der Waals surface area (Å²) < 4.78 is 7.07. The van der Waals surface area contributed by atoms with Crippen LogP contribution in [0.5, 0.6) is 5.75 Å². The fourth-order valence-electron chi connectivity index (χ4n) is 4.44. The summed E-state index contributed by atoms with van der Waals surface area (Å²) in [4.78, 5) is 11.4. The van der Waals surface area contributed by atoms with Gasteiger partial charge in [-0.2, -0.15) is 0 Å². The van der Waals surface area contributed by atoms with Crippen molar-refractivity contribution >= 4 is 5.82 Å². The summed E-state index contributed by atoms with van der Waals surface area (Å²) in [5, 5.41) is 12.3. The average Bonchev–Trinajstić information content (AvgIpc) is 3.27. The van der Waals surface area contributed by atoms with E-state index in [2.05, 4.69) is 37.6 Å². The molecule has 2 aliphatic rings. The molecule has 1 aliphatic carbocycles. The molecule has 1 saturated heterocycles. The first-order chi connectivity index (χ1) is 15.8. The molecule has 4 heterocycles. The van der Waals surface area contributed by atoms with Gasteiger partial charge in [-0.3, -0.25) is 4.98 Å². The van der Waals surface area contributed by atoms with E-state index in [9.17, 15) is 0 Å². The number of hydrogen-bond donors (Lipinski definition) is 1. The van der Waals surface area contributed by atoms with Crippen molar-refractivity contribution in [3.63, 3.8) is 0 Å². The molecule has 8 heteroatoms. The molecule has 8 nitrogen and oxygen atoms in total. The quantitative estimate of drug-likeness (QED) is 0.584. The van der Waals surface area contributed by atoms with Gasteiger partial charge in [-0.15, -0.1) is 5.10 Å². The summed E-state index contributed by atoms with van der Waals surface area (Å²) in [6, 6.07) is 6.76. The third-order valence-electron chi connectivity index (χ3n) is 6.60. The first-order valence-corrected chi connectivity index (χ1v) is 11.6. The van der Waals surface area contributed by atoms with Crippen LogP contribution in [-0.4, -0.2) is 57.7 Å². The second-order valence-corrected chi connectivity index (χ2v) is 8.93. The van der Waals surface area contributed by atoms with Gasteiger partial charge in [0, 0.05) is 37.1 Å². The van der Waals surface area contributed by atoms with Crippen LogP contribution in [0.1, 0.15) is 37.7 Å². The summed E-state index contributed by atoms with van der Waals surface area (Å²) in [5.74, 6) is 2.67. The molecule has 2 fully saturated rings. The number of nitrogens with one attached hydrogen (secondary N) is 1. The van der Waals surface area contributed by atoms with Crippen molar-refractivity contribution in [3.8, 4) is 17.0 Å². The number of rotatable bonds is 8. The van der Waals surface area contributed by atoms with Gasteiger partial charge < -0.3 is 15.0 Å². The fraction of sp³-hybridized carbons (Fsp3) is 0.500. The standard InChI is InChI=1S/C24H31N7O/c1-32-22-10-20(13-25-14-22)23-17-31(29-28-23)15-19-7-8-24(27-12-19)30-9-3-6-21(16-30)26-11-18-4-2-5-18/h7-8,10,12-14,17-18,21,26H,2-6,9,11,15-16H2,1H3. The summed E-state index contributed by atoms with van der Waals surface area (Å²) in [5.41, 5.74) is 2.76. The zero-order chi connectivity index (χ0) is 21.8. The average molecular weight is 434 g/mol. The van der Waals surface area contributed by atoms with E-state index >= 15 is 0 Å². The molecular weight excluding hydrogens is 402 g/mol. The molecule has 0 aromatic carbocycles. The first kappa shape index (κ1) is 20.9. The Morgan fingerprint density at radius 1 is 1.12 bits per heavy atom. The maximum atomic E-state index is 5.24. The van der Waals surface area contributed by atoms with Gasteiger partial charge in [0.1, 0.15) is 17.3 Å². The van der Waals surface area contributed by atoms with Crippen LogP contribution in [0.15, 0.2) is 43.0 Å². The van der Waals surface area contributed by atoms with Gasteiger partial charge in [-0.1, -0.05) is 17.7 Å². The number of methoxy groups -OCH3 is 1. The van der Waals surface area contributed by atoms with Gasteiger partial charge in [0.15, 0.2) is 0 Å². The van der Waals surface area contributed by atoms with Crippen LogP contribution in [0.2, 0.25) is 0 Å². The minimum atomic E-state index is 0.575. The second kappa shape index (κ2) is 9.65. The van der Waals surface area contributed by atoms with Gasteiger partial charge in [0.2, 0.25) is 0 Å². The molecule has 1 aliphatic heterocycles. The van der Waals surface area contributed by atoms with Crippen molar-refractivity contribution in [1.29, 1.82) is 0 Å². The summed E-state index contributed by atoms with van der Waals surface area (Å²) in [7, 11) is 1.63. The summed E-state index contributed by atoms with van der Waals surface area (Å²) in [6.45, 7) is 3.93. The molecule has 1 N–H and O–H groups in total. The van der Waals surface area contributed by atoms with Gasteiger partial charge in [-0.05, 0) is 55.8 Å². The Labute approximate surface area is 189 Å². The number of aromatic nitrogens is 5. The summed E-state index contributed by atoms with van der Waals surface area (Å²) >= 11 is 0. The molecule has 0 amide bonds. The number of pyridine rings is 2. The predicted molar refractivity (Wildman–Crippen MR) is 124 cm³/mol. The van der Waals surface area contributed by atoms with E-state index in [1.165, 1.54) is 38.6 Å². The van der Waals surface area contributed by atoms with E-state index in [1.807, 2.05) is 23.1 Å². The molecule has 0 bridgehead atoms. The highest BCUT2D eigenvalue weighted by Crippen LogP contribution is 2.26. The van der Waals surface area contributed by atoms with Crippen LogP contribution >= 0.6 is 0 Å². The molecule has 5 rings (SSSR count). The van der Waals surface area contributed by atoms with Gasteiger partial charge in [-0.25, -0.2) is 9.67 Å². The Morgan fingerprint density at radius 2 is 2.06 bits per heavy atom. The largest absolute Gasteiger partial charge is 0.495 e. The fourth-order valence-corrected chi connectivity index (χ4v) is 4.44. The van der Waals surface area contributed by atoms with Crippen molar-refractivity contribution in [2.24, 2.45) is 5.92 Å². The number of piperidine rings is 1. The zero-order valence-electron chi connectivity index (χ0n) is 18.7. The normalized spacial score (nSPS) is 19.0. The Bertz CT molecular complexity index is 1020. The molecule has 3 aromatic heterocycles. The number of ether oxygens (including phenoxy) is 1. The molecule has 1 unspecified atom stereocenters. The molecule has 3 aromatic rings. The Morgan fingerprint density at radius 3 is 2.84 bits per heavy atom. The van der Waals surface area contributed by atoms with E-state index in [-0.39, 0.29) is 0 Å². The van der Waals surface area contributed by atoms with Crippen LogP contribution in [-0.2, 0) is 6.54 Å². The van der Waals surface area contributed by atoms with Crippen molar-refractivity contribution in [2.45, 2.75) is 44.7 Å². The van der Waals surface area contributed by atoms with Gasteiger partial charge >= 0.3 is 0 Å². The highest BCUT2D eigenvalue weighted by Gasteiger charge is 2.23. The highest BCUT2D eigenvalue weighted by molar-refractivity contribution is 5.58. The molecule has 0 radical (unpaired) electrons. The monoisotopic (exact) mass is 433 g/mol. The van der Waals surface area contributed by atoms with Crippen LogP contribution < -0.4 is 15.0 Å². The van der Waals surface area contributed by atoms with Crippen molar-refractivity contribution in [2.75, 3.05) is 31.6 Å². The van der Waals surface area contributed by atoms with Crippen molar-refractivity contribution in [1.82, 2.24) is 30.3 Å². The summed E-state index contributed by atoms with van der Waals surface area (Å²) in [6.07, 6.45) is 14.0. The Balaban J connectivity index is 1.18. The van der Waals surface area contributed by atoms with Gasteiger partial charge in [0.05, 0.1) is 26.0 Å². The lowest BCUT2D eigenvalue weighted by Crippen LogP contribution is -2.47. The molecule has 32 heavy (non-hydrogen) atoms. The third-order valence-corrected chi connectivity index (χ3v) is 6.60. The van der Waals surface area contributed by atoms with Crippen LogP contribution in [0.25, 0.3) is 11.3 Å². The van der Waals surface area contributed by atoms with E-state index in [1.54, 1.807) is 19.5 Å². The molecule has 0 spiro atoms. The van der Waals surface area contributed by atoms with Crippen LogP contribution in [0.3, 0.4) is 0 Å². The second-order valence-electron chi connectivity index (χ2n) is 8.93. The molecule has 1 saturated carbocycles. The molecule has 168 valence electrons.